The quantitative estimate of drug-likeness (QED) is 0.277. The molecule has 0 amide bonds. The van der Waals surface area contributed by atoms with Crippen molar-refractivity contribution >= 4 is 29.2 Å². The molecule has 0 saturated carbocycles. The lowest BCUT2D eigenvalue weighted by Crippen LogP contribution is -2.24. The molecule has 2 heterocycles. The number of carbonyl (C=O) groups excluding carboxylic acids is 1. The molecule has 4 nitrogen and oxygen atoms in total. The number of hydrogen-bond donors (Lipinski definition) is 0. The Morgan fingerprint density at radius 3 is 1.79 bits per heavy atom. The Labute approximate surface area is 171 Å². The van der Waals surface area contributed by atoms with E-state index in [1.54, 1.807) is 20.8 Å². The van der Waals surface area contributed by atoms with Gasteiger partial charge in [-0.25, -0.2) is 14.8 Å². The third-order valence-electron chi connectivity index (χ3n) is 2.72. The number of nitrogens with zero attached hydrogens (tertiary/aromatic N) is 2. The number of aromatic nitrogens is 2. The fraction of sp³-hybridized carbons (Fsp3) is 0.353. The number of esters is 1. The van der Waals surface area contributed by atoms with Crippen molar-refractivity contribution in [1.29, 1.82) is 0 Å². The molecule has 0 radical (unpaired) electrons. The number of hydrogen-bond acceptors (Lipinski definition) is 4. The van der Waals surface area contributed by atoms with Crippen molar-refractivity contribution in [3.05, 3.63) is 57.6 Å². The van der Waals surface area contributed by atoms with E-state index in [-0.39, 0.29) is 10.7 Å². The molecule has 0 unspecified atom stereocenters. The van der Waals surface area contributed by atoms with Gasteiger partial charge in [-0.15, -0.1) is 0 Å². The highest BCUT2D eigenvalue weighted by Gasteiger charge is 2.34. The van der Waals surface area contributed by atoms with Gasteiger partial charge in [0.15, 0.2) is 0 Å². The van der Waals surface area contributed by atoms with Crippen LogP contribution in [0.4, 0.5) is 26.3 Å². The maximum Gasteiger partial charge on any atom is 0.433 e. The van der Waals surface area contributed by atoms with Crippen molar-refractivity contribution in [2.75, 3.05) is 0 Å². The first-order valence-electron chi connectivity index (χ1n) is 7.67. The first kappa shape index (κ1) is 25.0. The van der Waals surface area contributed by atoms with E-state index in [1.165, 1.54) is 12.1 Å². The van der Waals surface area contributed by atoms with E-state index < -0.39 is 40.5 Å². The SMILES string of the molecule is CC(C)(C)OC(=O)c1cc(Cl)nc(C(F)(F)F)c1.FC(F)(F)c1cccc(Cl)n1. The fourth-order valence-corrected chi connectivity index (χ4v) is 2.04. The molecule has 0 spiro atoms. The average molecular weight is 463 g/mol. The molecule has 2 rings (SSSR count). The second-order valence-electron chi connectivity index (χ2n) is 6.41. The minimum atomic E-state index is -4.67. The van der Waals surface area contributed by atoms with Crippen LogP contribution in [0.15, 0.2) is 30.3 Å². The van der Waals surface area contributed by atoms with Gasteiger partial charge in [0.2, 0.25) is 0 Å². The molecule has 0 aliphatic rings. The monoisotopic (exact) mass is 462 g/mol. The molecule has 29 heavy (non-hydrogen) atoms. The van der Waals surface area contributed by atoms with Crippen molar-refractivity contribution in [2.24, 2.45) is 0 Å². The van der Waals surface area contributed by atoms with Crippen LogP contribution in [-0.2, 0) is 17.1 Å². The normalized spacial score (nSPS) is 12.1. The number of alkyl halides is 6. The molecule has 0 aliphatic heterocycles. The Balaban J connectivity index is 0.000000326. The van der Waals surface area contributed by atoms with Gasteiger partial charge in [-0.1, -0.05) is 29.3 Å². The third-order valence-corrected chi connectivity index (χ3v) is 3.13. The first-order chi connectivity index (χ1) is 13.0. The molecule has 2 aromatic rings. The van der Waals surface area contributed by atoms with Crippen molar-refractivity contribution in [3.63, 3.8) is 0 Å². The average Bonchev–Trinajstić information content (AvgIpc) is 2.51. The molecule has 0 bridgehead atoms. The smallest absolute Gasteiger partial charge is 0.433 e. The summed E-state index contributed by atoms with van der Waals surface area (Å²) >= 11 is 10.7. The van der Waals surface area contributed by atoms with Gasteiger partial charge >= 0.3 is 18.3 Å². The van der Waals surface area contributed by atoms with Gasteiger partial charge < -0.3 is 4.74 Å². The Kier molecular flexibility index (Phi) is 7.89. The molecule has 0 aromatic carbocycles. The molecule has 2 aromatic heterocycles. The summed E-state index contributed by atoms with van der Waals surface area (Å²) in [5.41, 5.74) is -3.27. The first-order valence-corrected chi connectivity index (χ1v) is 8.42. The van der Waals surface area contributed by atoms with Crippen LogP contribution in [0, 0.1) is 0 Å². The largest absolute Gasteiger partial charge is 0.456 e. The van der Waals surface area contributed by atoms with E-state index in [4.69, 9.17) is 27.9 Å². The van der Waals surface area contributed by atoms with Gasteiger partial charge in [0.25, 0.3) is 0 Å². The third kappa shape index (κ3) is 8.86. The standard InChI is InChI=1S/C11H11ClF3NO2.C6H3ClF3N/c1-10(2,3)18-9(17)6-4-7(11(13,14)15)16-8(12)5-6;7-5-3-1-2-4(11-5)6(8,9)10/h4-5H,1-3H3;1-3H. The van der Waals surface area contributed by atoms with E-state index in [9.17, 15) is 31.1 Å². The lowest BCUT2D eigenvalue weighted by Gasteiger charge is -2.19. The van der Waals surface area contributed by atoms with E-state index >= 15 is 0 Å². The minimum absolute atomic E-state index is 0.153. The van der Waals surface area contributed by atoms with Crippen LogP contribution in [-0.4, -0.2) is 21.5 Å². The lowest BCUT2D eigenvalue weighted by atomic mass is 10.1. The number of ether oxygens (including phenoxy) is 1. The summed E-state index contributed by atoms with van der Waals surface area (Å²) in [5.74, 6) is -0.878. The predicted octanol–water partition coefficient (Wildman–Crippen LogP) is 6.46. The van der Waals surface area contributed by atoms with E-state index in [0.29, 0.717) is 6.07 Å². The van der Waals surface area contributed by atoms with Crippen molar-refractivity contribution in [3.8, 4) is 0 Å². The Morgan fingerprint density at radius 1 is 0.862 bits per heavy atom. The predicted molar refractivity (Wildman–Crippen MR) is 93.7 cm³/mol. The highest BCUT2D eigenvalue weighted by Crippen LogP contribution is 2.30. The molecular formula is C17H14Cl2F6N2O2. The summed E-state index contributed by atoms with van der Waals surface area (Å²) in [6.45, 7) is 4.83. The second kappa shape index (κ2) is 9.17. The van der Waals surface area contributed by atoms with Gasteiger partial charge in [0, 0.05) is 0 Å². The maximum atomic E-state index is 12.5. The molecular weight excluding hydrogens is 449 g/mol. The lowest BCUT2D eigenvalue weighted by molar-refractivity contribution is -0.142. The van der Waals surface area contributed by atoms with E-state index in [0.717, 1.165) is 12.1 Å². The fourth-order valence-electron chi connectivity index (χ4n) is 1.66. The van der Waals surface area contributed by atoms with Crippen LogP contribution in [0.1, 0.15) is 42.5 Å². The zero-order valence-corrected chi connectivity index (χ0v) is 16.6. The highest BCUT2D eigenvalue weighted by atomic mass is 35.5. The summed E-state index contributed by atoms with van der Waals surface area (Å²) in [6, 6.07) is 5.01. The second-order valence-corrected chi connectivity index (χ2v) is 7.18. The summed E-state index contributed by atoms with van der Waals surface area (Å²) in [7, 11) is 0. The highest BCUT2D eigenvalue weighted by molar-refractivity contribution is 6.29. The molecule has 12 heteroatoms. The minimum Gasteiger partial charge on any atom is -0.456 e. The van der Waals surface area contributed by atoms with Gasteiger partial charge in [0.05, 0.1) is 5.56 Å². The maximum absolute atomic E-state index is 12.5. The zero-order chi connectivity index (χ0) is 22.6. The van der Waals surface area contributed by atoms with Gasteiger partial charge in [-0.2, -0.15) is 26.3 Å². The van der Waals surface area contributed by atoms with Gasteiger partial charge in [-0.05, 0) is 45.0 Å². The Hall–Kier alpha value is -2.07. The van der Waals surface area contributed by atoms with Crippen LogP contribution >= 0.6 is 23.2 Å². The number of carbonyl (C=O) groups is 1. The molecule has 0 saturated heterocycles. The molecule has 0 atom stereocenters. The van der Waals surface area contributed by atoms with Crippen molar-refractivity contribution in [2.45, 2.75) is 38.7 Å². The summed E-state index contributed by atoms with van der Waals surface area (Å²) in [5, 5.41) is -0.564. The van der Waals surface area contributed by atoms with E-state index in [1.807, 2.05) is 0 Å². The van der Waals surface area contributed by atoms with Crippen LogP contribution in [0.3, 0.4) is 0 Å². The number of rotatable bonds is 1. The van der Waals surface area contributed by atoms with Crippen molar-refractivity contribution < 1.29 is 35.9 Å². The topological polar surface area (TPSA) is 52.1 Å². The van der Waals surface area contributed by atoms with E-state index in [2.05, 4.69) is 9.97 Å². The molecule has 160 valence electrons. The summed E-state index contributed by atoms with van der Waals surface area (Å²) < 4.78 is 77.9. The van der Waals surface area contributed by atoms with Crippen molar-refractivity contribution in [1.82, 2.24) is 9.97 Å². The Bertz CT molecular complexity index is 864. The van der Waals surface area contributed by atoms with Crippen LogP contribution in [0.25, 0.3) is 0 Å². The summed E-state index contributed by atoms with van der Waals surface area (Å²) in [4.78, 5) is 17.8. The van der Waals surface area contributed by atoms with Gasteiger partial charge in [0.1, 0.15) is 27.3 Å². The summed E-state index contributed by atoms with van der Waals surface area (Å²) in [6.07, 6.45) is -9.08. The Morgan fingerprint density at radius 2 is 1.38 bits per heavy atom. The number of pyridine rings is 2. The van der Waals surface area contributed by atoms with Gasteiger partial charge in [-0.3, -0.25) is 0 Å². The molecule has 0 N–H and O–H groups in total. The zero-order valence-electron chi connectivity index (χ0n) is 15.1. The van der Waals surface area contributed by atoms with Crippen LogP contribution in [0.2, 0.25) is 10.3 Å². The van der Waals surface area contributed by atoms with Crippen LogP contribution in [0.5, 0.6) is 0 Å². The molecule has 0 fully saturated rings. The number of halogens is 8. The molecule has 0 aliphatic carbocycles. The van der Waals surface area contributed by atoms with Crippen LogP contribution < -0.4 is 0 Å².